The Labute approximate surface area is 178 Å². The van der Waals surface area contributed by atoms with E-state index in [1.807, 2.05) is 48.7 Å². The second-order valence-corrected chi connectivity index (χ2v) is 7.25. The molecule has 0 saturated heterocycles. The molecule has 4 aromatic rings. The zero-order valence-corrected chi connectivity index (χ0v) is 16.8. The maximum absolute atomic E-state index is 6.35. The van der Waals surface area contributed by atoms with Crippen molar-refractivity contribution in [2.45, 2.75) is 6.54 Å². The molecular weight excluding hydrogens is 405 g/mol. The van der Waals surface area contributed by atoms with Gasteiger partial charge in [0.05, 0.1) is 6.21 Å². The van der Waals surface area contributed by atoms with Crippen LogP contribution >= 0.6 is 23.2 Å². The lowest BCUT2D eigenvalue weighted by molar-refractivity contribution is 0.836. The normalized spacial score (nSPS) is 12.1. The lowest BCUT2D eigenvalue weighted by Gasteiger charge is -2.08. The highest BCUT2D eigenvalue weighted by Crippen LogP contribution is 2.25. The number of hydrogen-bond donors (Lipinski definition) is 1. The van der Waals surface area contributed by atoms with Gasteiger partial charge in [0.1, 0.15) is 5.69 Å². The van der Waals surface area contributed by atoms with E-state index in [0.717, 1.165) is 22.0 Å². The number of pyridine rings is 1. The minimum atomic E-state index is 0.263. The number of nitrogens with zero attached hydrogens (tertiary/aromatic N) is 4. The Hall–Kier alpha value is -3.15. The number of aromatic nitrogens is 2. The van der Waals surface area contributed by atoms with Gasteiger partial charge in [0, 0.05) is 45.5 Å². The fraction of sp³-hybridized carbons (Fsp3) is 0.0455. The highest BCUT2D eigenvalue weighted by molar-refractivity contribution is 6.35. The standard InChI is InChI=1S/C22H17Cl2N5/c23-17-9-8-15(19(24)11-17)13-29-14-16(18-5-1-2-7-21(18)29)12-27-28-22(25)20-6-3-4-10-26-20/h1-12,14H,13H2,(H2,25,28)/b27-12-. The van der Waals surface area contributed by atoms with E-state index < -0.39 is 0 Å². The number of nitrogens with two attached hydrogens (primary N) is 1. The van der Waals surface area contributed by atoms with E-state index in [-0.39, 0.29) is 5.84 Å². The topological polar surface area (TPSA) is 68.6 Å². The number of rotatable bonds is 5. The molecule has 2 aromatic carbocycles. The van der Waals surface area contributed by atoms with E-state index in [9.17, 15) is 0 Å². The van der Waals surface area contributed by atoms with Crippen LogP contribution in [0.3, 0.4) is 0 Å². The molecule has 0 atom stereocenters. The summed E-state index contributed by atoms with van der Waals surface area (Å²) in [6.45, 7) is 0.615. The Morgan fingerprint density at radius 2 is 1.90 bits per heavy atom. The molecule has 0 aliphatic carbocycles. The maximum Gasteiger partial charge on any atom is 0.171 e. The van der Waals surface area contributed by atoms with Gasteiger partial charge in [0.2, 0.25) is 0 Å². The molecule has 2 heterocycles. The van der Waals surface area contributed by atoms with Gasteiger partial charge in [0.15, 0.2) is 5.84 Å². The third kappa shape index (κ3) is 4.31. The first-order valence-electron chi connectivity index (χ1n) is 8.91. The summed E-state index contributed by atoms with van der Waals surface area (Å²) in [5.74, 6) is 0.263. The molecule has 0 unspecified atom stereocenters. The monoisotopic (exact) mass is 421 g/mol. The van der Waals surface area contributed by atoms with Gasteiger partial charge in [-0.3, -0.25) is 4.98 Å². The van der Waals surface area contributed by atoms with Gasteiger partial charge in [0.25, 0.3) is 0 Å². The van der Waals surface area contributed by atoms with E-state index >= 15 is 0 Å². The van der Waals surface area contributed by atoms with E-state index in [4.69, 9.17) is 28.9 Å². The number of halogens is 2. The number of amidine groups is 1. The summed E-state index contributed by atoms with van der Waals surface area (Å²) in [6.07, 6.45) is 5.38. The predicted molar refractivity (Wildman–Crippen MR) is 120 cm³/mol. The summed E-state index contributed by atoms with van der Waals surface area (Å²) >= 11 is 12.4. The Kier molecular flexibility index (Phi) is 5.60. The average molecular weight is 422 g/mol. The Morgan fingerprint density at radius 3 is 2.69 bits per heavy atom. The highest BCUT2D eigenvalue weighted by atomic mass is 35.5. The highest BCUT2D eigenvalue weighted by Gasteiger charge is 2.09. The van der Waals surface area contributed by atoms with Crippen molar-refractivity contribution in [2.75, 3.05) is 0 Å². The van der Waals surface area contributed by atoms with Crippen LogP contribution in [0.1, 0.15) is 16.8 Å². The molecule has 2 N–H and O–H groups in total. The largest absolute Gasteiger partial charge is 0.380 e. The van der Waals surface area contributed by atoms with Gasteiger partial charge < -0.3 is 10.3 Å². The van der Waals surface area contributed by atoms with Crippen molar-refractivity contribution in [2.24, 2.45) is 15.9 Å². The van der Waals surface area contributed by atoms with Crippen LogP contribution in [0.2, 0.25) is 10.0 Å². The van der Waals surface area contributed by atoms with Crippen LogP contribution in [0.4, 0.5) is 0 Å². The quantitative estimate of drug-likeness (QED) is 0.275. The molecule has 5 nitrogen and oxygen atoms in total. The zero-order chi connectivity index (χ0) is 20.2. The van der Waals surface area contributed by atoms with Crippen LogP contribution < -0.4 is 5.73 Å². The Morgan fingerprint density at radius 1 is 1.07 bits per heavy atom. The van der Waals surface area contributed by atoms with Gasteiger partial charge in [-0.25, -0.2) is 0 Å². The van der Waals surface area contributed by atoms with E-state index in [0.29, 0.717) is 22.3 Å². The summed E-state index contributed by atoms with van der Waals surface area (Å²) < 4.78 is 2.12. The molecule has 7 heteroatoms. The van der Waals surface area contributed by atoms with Gasteiger partial charge in [-0.1, -0.05) is 53.5 Å². The number of benzene rings is 2. The third-order valence-electron chi connectivity index (χ3n) is 4.46. The van der Waals surface area contributed by atoms with Crippen molar-refractivity contribution in [3.8, 4) is 0 Å². The van der Waals surface area contributed by atoms with E-state index in [1.54, 1.807) is 24.5 Å². The Bertz CT molecular complexity index is 1210. The predicted octanol–water partition coefficient (Wildman–Crippen LogP) is 5.13. The lowest BCUT2D eigenvalue weighted by Crippen LogP contribution is -2.14. The Balaban J connectivity index is 1.65. The van der Waals surface area contributed by atoms with Gasteiger partial charge in [-0.05, 0) is 35.9 Å². The second kappa shape index (κ2) is 8.47. The number of para-hydroxylation sites is 1. The first-order valence-corrected chi connectivity index (χ1v) is 9.67. The van der Waals surface area contributed by atoms with Crippen LogP contribution in [0, 0.1) is 0 Å². The van der Waals surface area contributed by atoms with Crippen molar-refractivity contribution in [1.29, 1.82) is 0 Å². The van der Waals surface area contributed by atoms with E-state index in [2.05, 4.69) is 25.8 Å². The third-order valence-corrected chi connectivity index (χ3v) is 5.05. The first kappa shape index (κ1) is 19.2. The second-order valence-electron chi connectivity index (χ2n) is 6.41. The van der Waals surface area contributed by atoms with Crippen LogP contribution in [0.5, 0.6) is 0 Å². The summed E-state index contributed by atoms with van der Waals surface area (Å²) in [4.78, 5) is 4.16. The van der Waals surface area contributed by atoms with Crippen LogP contribution in [0.25, 0.3) is 10.9 Å². The van der Waals surface area contributed by atoms with Gasteiger partial charge in [-0.15, -0.1) is 5.10 Å². The fourth-order valence-electron chi connectivity index (χ4n) is 3.06. The number of fused-ring (bicyclic) bond motifs is 1. The molecule has 0 bridgehead atoms. The average Bonchev–Trinajstić information content (AvgIpc) is 3.08. The van der Waals surface area contributed by atoms with Crippen molar-refractivity contribution >= 4 is 46.2 Å². The number of hydrogen-bond acceptors (Lipinski definition) is 3. The van der Waals surface area contributed by atoms with E-state index in [1.165, 1.54) is 0 Å². The maximum atomic E-state index is 6.35. The van der Waals surface area contributed by atoms with Crippen molar-refractivity contribution in [3.05, 3.63) is 99.9 Å². The van der Waals surface area contributed by atoms with Crippen molar-refractivity contribution in [3.63, 3.8) is 0 Å². The summed E-state index contributed by atoms with van der Waals surface area (Å²) in [5.41, 5.74) is 9.53. The minimum absolute atomic E-state index is 0.263. The first-order chi connectivity index (χ1) is 14.1. The molecule has 0 radical (unpaired) electrons. The summed E-state index contributed by atoms with van der Waals surface area (Å²) in [7, 11) is 0. The van der Waals surface area contributed by atoms with Gasteiger partial charge in [-0.2, -0.15) is 5.10 Å². The molecular formula is C22H17Cl2N5. The molecule has 0 spiro atoms. The molecule has 0 saturated carbocycles. The molecule has 4 rings (SSSR count). The summed E-state index contributed by atoms with van der Waals surface area (Å²) in [5, 5.41) is 10.5. The molecule has 0 aliphatic heterocycles. The molecule has 0 fully saturated rings. The lowest BCUT2D eigenvalue weighted by atomic mass is 10.2. The van der Waals surface area contributed by atoms with Crippen molar-refractivity contribution < 1.29 is 0 Å². The minimum Gasteiger partial charge on any atom is -0.380 e. The van der Waals surface area contributed by atoms with Crippen LogP contribution in [0.15, 0.2) is 83.3 Å². The smallest absolute Gasteiger partial charge is 0.171 e. The van der Waals surface area contributed by atoms with Crippen molar-refractivity contribution in [1.82, 2.24) is 9.55 Å². The molecule has 0 aliphatic rings. The zero-order valence-electron chi connectivity index (χ0n) is 15.3. The molecule has 2 aromatic heterocycles. The SMILES string of the molecule is N/C(=N\N=C/c1cn(Cc2ccc(Cl)cc2Cl)c2ccccc12)c1ccccn1. The molecule has 0 amide bonds. The summed E-state index contributed by atoms with van der Waals surface area (Å²) in [6, 6.07) is 19.1. The molecule has 144 valence electrons. The molecule has 29 heavy (non-hydrogen) atoms. The van der Waals surface area contributed by atoms with Crippen LogP contribution in [-0.2, 0) is 6.54 Å². The van der Waals surface area contributed by atoms with Gasteiger partial charge >= 0.3 is 0 Å². The van der Waals surface area contributed by atoms with Crippen LogP contribution in [-0.4, -0.2) is 21.6 Å². The fourth-order valence-corrected chi connectivity index (χ4v) is 3.53.